The number of hydroxylamine groups is 2. The first kappa shape index (κ1) is 19.6. The number of hydrogen-bond donors (Lipinski definition) is 0. The lowest BCUT2D eigenvalue weighted by Gasteiger charge is -2.26. The topological polar surface area (TPSA) is 84.7 Å². The number of rotatable bonds is 8. The van der Waals surface area contributed by atoms with E-state index in [9.17, 15) is 13.2 Å². The van der Waals surface area contributed by atoms with Crippen molar-refractivity contribution in [1.29, 1.82) is 0 Å². The van der Waals surface area contributed by atoms with Crippen LogP contribution in [-0.4, -0.2) is 59.4 Å². The van der Waals surface area contributed by atoms with Gasteiger partial charge in [0.15, 0.2) is 0 Å². The minimum Gasteiger partial charge on any atom is -0.276 e. The molecule has 1 heterocycles. The van der Waals surface area contributed by atoms with Gasteiger partial charge < -0.3 is 0 Å². The van der Waals surface area contributed by atoms with Crippen LogP contribution in [0.1, 0.15) is 39.2 Å². The van der Waals surface area contributed by atoms with Crippen LogP contribution >= 0.6 is 0 Å². The molecule has 0 aromatic carbocycles. The van der Waals surface area contributed by atoms with Gasteiger partial charge in [0.1, 0.15) is 5.82 Å². The third-order valence-electron chi connectivity index (χ3n) is 2.96. The van der Waals surface area contributed by atoms with Gasteiger partial charge >= 0.3 is 10.2 Å². The van der Waals surface area contributed by atoms with Crippen LogP contribution in [0.3, 0.4) is 0 Å². The maximum Gasteiger partial charge on any atom is 0.308 e. The van der Waals surface area contributed by atoms with Crippen molar-refractivity contribution in [3.8, 4) is 0 Å². The first-order valence-corrected chi connectivity index (χ1v) is 8.82. The van der Waals surface area contributed by atoms with E-state index < -0.39 is 15.8 Å². The second-order valence-corrected chi connectivity index (χ2v) is 8.26. The molecule has 0 aliphatic heterocycles. The van der Waals surface area contributed by atoms with Gasteiger partial charge in [-0.15, -0.1) is 0 Å². The number of hydrogen-bond acceptors (Lipinski definition) is 5. The number of aromatic nitrogens is 2. The summed E-state index contributed by atoms with van der Waals surface area (Å²) in [6.45, 7) is 7.57. The standard InChI is InChI=1S/C14H26N4O4S/c1-7-13-15-10-12(18(13)23(20,21)16(5)6)8-9-17(11-19)22-14(2,3)4/h10-11H,7-9H2,1-6H3. The Morgan fingerprint density at radius 1 is 1.35 bits per heavy atom. The molecule has 0 N–H and O–H groups in total. The Morgan fingerprint density at radius 3 is 2.39 bits per heavy atom. The number of aryl methyl sites for hydroxylation is 1. The van der Waals surface area contributed by atoms with E-state index in [0.717, 1.165) is 4.31 Å². The van der Waals surface area contributed by atoms with Crippen LogP contribution in [0.5, 0.6) is 0 Å². The van der Waals surface area contributed by atoms with Crippen molar-refractivity contribution in [2.24, 2.45) is 0 Å². The maximum absolute atomic E-state index is 12.5. The molecule has 0 fully saturated rings. The largest absolute Gasteiger partial charge is 0.308 e. The zero-order valence-corrected chi connectivity index (χ0v) is 15.4. The summed E-state index contributed by atoms with van der Waals surface area (Å²) in [4.78, 5) is 20.8. The summed E-state index contributed by atoms with van der Waals surface area (Å²) < 4.78 is 27.3. The Hall–Kier alpha value is -1.45. The van der Waals surface area contributed by atoms with E-state index in [1.54, 1.807) is 0 Å². The second-order valence-electron chi connectivity index (χ2n) is 6.27. The molecule has 1 aromatic rings. The minimum absolute atomic E-state index is 0.235. The van der Waals surface area contributed by atoms with Gasteiger partial charge in [-0.25, -0.2) is 14.0 Å². The summed E-state index contributed by atoms with van der Waals surface area (Å²) >= 11 is 0. The molecule has 1 rings (SSSR count). The fraction of sp³-hybridized carbons (Fsp3) is 0.714. The number of carbonyl (C=O) groups is 1. The highest BCUT2D eigenvalue weighted by molar-refractivity contribution is 7.87. The quantitative estimate of drug-likeness (QED) is 0.514. The molecule has 132 valence electrons. The van der Waals surface area contributed by atoms with Gasteiger partial charge in [0, 0.05) is 33.1 Å². The van der Waals surface area contributed by atoms with Crippen LogP contribution in [0.2, 0.25) is 0 Å². The fourth-order valence-electron chi connectivity index (χ4n) is 1.96. The SMILES string of the molecule is CCc1ncc(CCN(C=O)OC(C)(C)C)n1S(=O)(=O)N(C)C. The van der Waals surface area contributed by atoms with Gasteiger partial charge in [-0.1, -0.05) is 6.92 Å². The van der Waals surface area contributed by atoms with Crippen molar-refractivity contribution in [2.45, 2.75) is 46.1 Å². The monoisotopic (exact) mass is 346 g/mol. The van der Waals surface area contributed by atoms with Gasteiger partial charge in [-0.05, 0) is 20.8 Å². The van der Waals surface area contributed by atoms with Gasteiger partial charge in [-0.2, -0.15) is 12.7 Å². The molecule has 0 bridgehead atoms. The molecule has 0 spiro atoms. The highest BCUT2D eigenvalue weighted by Gasteiger charge is 2.24. The van der Waals surface area contributed by atoms with Gasteiger partial charge in [-0.3, -0.25) is 9.63 Å². The molecule has 0 aliphatic rings. The van der Waals surface area contributed by atoms with Crippen LogP contribution in [0, 0.1) is 0 Å². The van der Waals surface area contributed by atoms with E-state index in [-0.39, 0.29) is 6.54 Å². The average molecular weight is 346 g/mol. The third kappa shape index (κ3) is 5.02. The zero-order valence-electron chi connectivity index (χ0n) is 14.6. The molecule has 0 unspecified atom stereocenters. The van der Waals surface area contributed by atoms with Crippen molar-refractivity contribution < 1.29 is 18.0 Å². The molecule has 0 aliphatic carbocycles. The smallest absolute Gasteiger partial charge is 0.276 e. The second kappa shape index (κ2) is 7.41. The molecule has 1 amide bonds. The lowest BCUT2D eigenvalue weighted by molar-refractivity contribution is -0.215. The van der Waals surface area contributed by atoms with E-state index in [1.165, 1.54) is 29.3 Å². The first-order valence-electron chi connectivity index (χ1n) is 7.42. The van der Waals surface area contributed by atoms with Gasteiger partial charge in [0.2, 0.25) is 6.41 Å². The maximum atomic E-state index is 12.5. The van der Waals surface area contributed by atoms with Crippen LogP contribution in [0.4, 0.5) is 0 Å². The van der Waals surface area contributed by atoms with E-state index in [4.69, 9.17) is 4.84 Å². The molecule has 9 heteroatoms. The van der Waals surface area contributed by atoms with E-state index in [2.05, 4.69) is 4.98 Å². The Labute approximate surface area is 138 Å². The van der Waals surface area contributed by atoms with E-state index in [0.29, 0.717) is 30.8 Å². The first-order chi connectivity index (χ1) is 10.5. The van der Waals surface area contributed by atoms with Crippen LogP contribution < -0.4 is 0 Å². The van der Waals surface area contributed by atoms with Crippen LogP contribution in [0.25, 0.3) is 0 Å². The van der Waals surface area contributed by atoms with Crippen molar-refractivity contribution in [2.75, 3.05) is 20.6 Å². The highest BCUT2D eigenvalue weighted by Crippen LogP contribution is 2.15. The lowest BCUT2D eigenvalue weighted by Crippen LogP contribution is -2.35. The molecule has 0 saturated carbocycles. The van der Waals surface area contributed by atoms with Crippen LogP contribution in [0.15, 0.2) is 6.20 Å². The number of carbonyl (C=O) groups excluding carboxylic acids is 1. The lowest BCUT2D eigenvalue weighted by atomic mass is 10.2. The fourth-order valence-corrected chi connectivity index (χ4v) is 3.17. The van der Waals surface area contributed by atoms with E-state index >= 15 is 0 Å². The Balaban J connectivity index is 3.02. The summed E-state index contributed by atoms with van der Waals surface area (Å²) in [5.41, 5.74) is 0.00532. The Kier molecular flexibility index (Phi) is 6.32. The summed E-state index contributed by atoms with van der Waals surface area (Å²) in [6, 6.07) is 0. The van der Waals surface area contributed by atoms with Crippen molar-refractivity contribution in [3.05, 3.63) is 17.7 Å². The van der Waals surface area contributed by atoms with Gasteiger partial charge in [0.05, 0.1) is 17.8 Å². The van der Waals surface area contributed by atoms with Crippen LogP contribution in [-0.2, 0) is 32.7 Å². The minimum atomic E-state index is -3.66. The molecular formula is C14H26N4O4S. The summed E-state index contributed by atoms with van der Waals surface area (Å²) in [6.07, 6.45) is 2.92. The zero-order chi connectivity index (χ0) is 17.8. The van der Waals surface area contributed by atoms with Crippen molar-refractivity contribution in [1.82, 2.24) is 18.3 Å². The Morgan fingerprint density at radius 2 is 1.96 bits per heavy atom. The summed E-state index contributed by atoms with van der Waals surface area (Å²) in [5.74, 6) is 0.461. The molecule has 0 radical (unpaired) electrons. The predicted octanol–water partition coefficient (Wildman–Crippen LogP) is 0.831. The molecule has 23 heavy (non-hydrogen) atoms. The van der Waals surface area contributed by atoms with E-state index in [1.807, 2.05) is 27.7 Å². The molecule has 8 nitrogen and oxygen atoms in total. The van der Waals surface area contributed by atoms with Crippen molar-refractivity contribution in [3.63, 3.8) is 0 Å². The normalized spacial score (nSPS) is 12.7. The molecular weight excluding hydrogens is 320 g/mol. The summed E-state index contributed by atoms with van der Waals surface area (Å²) in [7, 11) is -0.714. The Bertz CT molecular complexity index is 632. The third-order valence-corrected chi connectivity index (χ3v) is 4.79. The van der Waals surface area contributed by atoms with Crippen molar-refractivity contribution >= 4 is 16.6 Å². The summed E-state index contributed by atoms with van der Waals surface area (Å²) in [5, 5.41) is 1.17. The number of imidazole rings is 1. The van der Waals surface area contributed by atoms with Gasteiger partial charge in [0.25, 0.3) is 0 Å². The average Bonchev–Trinajstić information content (AvgIpc) is 2.85. The molecule has 0 atom stereocenters. The molecule has 1 aromatic heterocycles. The highest BCUT2D eigenvalue weighted by atomic mass is 32.2. The predicted molar refractivity (Wildman–Crippen MR) is 86.9 cm³/mol. The number of amides is 1. The molecule has 0 saturated heterocycles. The number of nitrogens with zero attached hydrogens (tertiary/aromatic N) is 4.